The Labute approximate surface area is 128 Å². The van der Waals surface area contributed by atoms with Crippen LogP contribution in [0.3, 0.4) is 0 Å². The van der Waals surface area contributed by atoms with Crippen molar-refractivity contribution in [3.8, 4) is 0 Å². The van der Waals surface area contributed by atoms with E-state index in [4.69, 9.17) is 5.11 Å². The second-order valence-corrected chi connectivity index (χ2v) is 5.57. The number of unbranched alkanes of at least 4 members (excludes halogenated alkanes) is 4. The Morgan fingerprint density at radius 3 is 2.38 bits per heavy atom. The average molecular weight is 292 g/mol. The van der Waals surface area contributed by atoms with Crippen LogP contribution in [0.2, 0.25) is 0 Å². The Morgan fingerprint density at radius 2 is 1.71 bits per heavy atom. The van der Waals surface area contributed by atoms with E-state index in [-0.39, 0.29) is 0 Å². The molecule has 3 heteroatoms. The molecular weight excluding hydrogens is 264 g/mol. The fourth-order valence-electron chi connectivity index (χ4n) is 2.66. The number of carbonyl (C=O) groups is 1. The molecule has 1 N–H and O–H groups in total. The minimum atomic E-state index is -1.17. The van der Waals surface area contributed by atoms with Gasteiger partial charge in [0, 0.05) is 0 Å². The molecule has 0 heterocycles. The summed E-state index contributed by atoms with van der Waals surface area (Å²) in [6.45, 7) is 2.57. The number of hydrogen-bond donors (Lipinski definition) is 1. The minimum absolute atomic E-state index is 0.327. The van der Waals surface area contributed by atoms with E-state index in [2.05, 4.69) is 42.0 Å². The summed E-state index contributed by atoms with van der Waals surface area (Å²) in [5.74, 6) is 0.668. The van der Waals surface area contributed by atoms with Crippen molar-refractivity contribution in [2.75, 3.05) is 6.61 Å². The molecule has 1 rings (SSSR count). The van der Waals surface area contributed by atoms with Crippen molar-refractivity contribution in [2.45, 2.75) is 64.2 Å². The first kappa shape index (κ1) is 17.5. The maximum atomic E-state index is 10.2. The molecule has 0 saturated carbocycles. The van der Waals surface area contributed by atoms with Gasteiger partial charge >= 0.3 is 6.16 Å². The lowest BCUT2D eigenvalue weighted by atomic mass is 9.89. The molecule has 1 atom stereocenters. The normalized spacial score (nSPS) is 12.0. The van der Waals surface area contributed by atoms with E-state index in [1.54, 1.807) is 0 Å². The first-order valence-electron chi connectivity index (χ1n) is 8.14. The zero-order valence-electron chi connectivity index (χ0n) is 13.1. The van der Waals surface area contributed by atoms with E-state index in [9.17, 15) is 4.79 Å². The molecule has 1 aromatic rings. The summed E-state index contributed by atoms with van der Waals surface area (Å²) in [5.41, 5.74) is 1.46. The smallest absolute Gasteiger partial charge is 0.450 e. The first-order chi connectivity index (χ1) is 10.2. The van der Waals surface area contributed by atoms with Gasteiger partial charge in [0.25, 0.3) is 0 Å². The number of carboxylic acid groups (broad SMARTS) is 1. The van der Waals surface area contributed by atoms with Gasteiger partial charge < -0.3 is 9.84 Å². The predicted octanol–water partition coefficient (Wildman–Crippen LogP) is 5.61. The summed E-state index contributed by atoms with van der Waals surface area (Å²) in [4.78, 5) is 10.2. The van der Waals surface area contributed by atoms with Crippen LogP contribution in [-0.4, -0.2) is 17.9 Å². The highest BCUT2D eigenvalue weighted by molar-refractivity contribution is 5.56. The zero-order chi connectivity index (χ0) is 15.3. The fourth-order valence-corrected chi connectivity index (χ4v) is 2.66. The zero-order valence-corrected chi connectivity index (χ0v) is 13.1. The quantitative estimate of drug-likeness (QED) is 0.426. The summed E-state index contributed by atoms with van der Waals surface area (Å²) in [7, 11) is 0. The molecule has 1 unspecified atom stereocenters. The Balaban J connectivity index is 2.22. The van der Waals surface area contributed by atoms with Crippen molar-refractivity contribution < 1.29 is 14.6 Å². The van der Waals surface area contributed by atoms with Crippen LogP contribution < -0.4 is 0 Å². The molecule has 0 aliphatic heterocycles. The molecule has 1 aromatic carbocycles. The second-order valence-electron chi connectivity index (χ2n) is 5.57. The lowest BCUT2D eigenvalue weighted by molar-refractivity contribution is 0.0899. The third-order valence-corrected chi connectivity index (χ3v) is 3.85. The van der Waals surface area contributed by atoms with Gasteiger partial charge in [-0.2, -0.15) is 0 Å². The number of hydrogen-bond acceptors (Lipinski definition) is 2. The topological polar surface area (TPSA) is 46.5 Å². The van der Waals surface area contributed by atoms with Gasteiger partial charge in [-0.3, -0.25) is 0 Å². The summed E-state index contributed by atoms with van der Waals surface area (Å²) in [6.07, 6.45) is 8.09. The van der Waals surface area contributed by atoms with Crippen LogP contribution in [0, 0.1) is 0 Å². The van der Waals surface area contributed by atoms with Crippen molar-refractivity contribution in [1.29, 1.82) is 0 Å². The van der Waals surface area contributed by atoms with Crippen molar-refractivity contribution in [2.24, 2.45) is 0 Å². The summed E-state index contributed by atoms with van der Waals surface area (Å²) in [6, 6.07) is 10.8. The lowest BCUT2D eigenvalue weighted by Crippen LogP contribution is -2.02. The van der Waals surface area contributed by atoms with E-state index in [1.807, 2.05) is 0 Å². The molecule has 0 aliphatic carbocycles. The third kappa shape index (κ3) is 8.38. The van der Waals surface area contributed by atoms with Gasteiger partial charge in [0.2, 0.25) is 0 Å². The molecule has 0 aromatic heterocycles. The SMILES string of the molecule is CCCCC(CCCCCCOC(=O)O)c1ccccc1. The molecule has 0 amide bonds. The molecule has 0 bridgehead atoms. The standard InChI is InChI=1S/C18H28O3/c1-2-3-11-16(17-13-8-6-9-14-17)12-7-4-5-10-15-21-18(19)20/h6,8-9,13-14,16H,2-5,7,10-12,15H2,1H3,(H,19,20). The van der Waals surface area contributed by atoms with Gasteiger partial charge in [0.05, 0.1) is 6.61 Å². The van der Waals surface area contributed by atoms with E-state index >= 15 is 0 Å². The Bertz CT molecular complexity index is 375. The predicted molar refractivity (Wildman–Crippen MR) is 85.8 cm³/mol. The van der Waals surface area contributed by atoms with Gasteiger partial charge in [-0.1, -0.05) is 69.4 Å². The molecule has 0 spiro atoms. The molecule has 0 radical (unpaired) electrons. The summed E-state index contributed by atoms with van der Waals surface area (Å²) >= 11 is 0. The molecule has 3 nitrogen and oxygen atoms in total. The Morgan fingerprint density at radius 1 is 1.05 bits per heavy atom. The van der Waals surface area contributed by atoms with Gasteiger partial charge in [0.15, 0.2) is 0 Å². The number of benzene rings is 1. The van der Waals surface area contributed by atoms with Crippen molar-refractivity contribution in [3.63, 3.8) is 0 Å². The average Bonchev–Trinajstić information content (AvgIpc) is 2.50. The van der Waals surface area contributed by atoms with E-state index in [1.165, 1.54) is 37.7 Å². The highest BCUT2D eigenvalue weighted by Gasteiger charge is 2.10. The van der Waals surface area contributed by atoms with Crippen LogP contribution in [-0.2, 0) is 4.74 Å². The van der Waals surface area contributed by atoms with Crippen molar-refractivity contribution in [3.05, 3.63) is 35.9 Å². The molecule has 0 saturated heterocycles. The summed E-state index contributed by atoms with van der Waals surface area (Å²) < 4.78 is 4.51. The molecule has 0 fully saturated rings. The molecule has 0 aliphatic rings. The third-order valence-electron chi connectivity index (χ3n) is 3.85. The van der Waals surface area contributed by atoms with Crippen molar-refractivity contribution in [1.82, 2.24) is 0 Å². The highest BCUT2D eigenvalue weighted by atomic mass is 16.7. The fraction of sp³-hybridized carbons (Fsp3) is 0.611. The van der Waals surface area contributed by atoms with Gasteiger partial charge in [-0.25, -0.2) is 4.79 Å². The largest absolute Gasteiger partial charge is 0.505 e. The maximum Gasteiger partial charge on any atom is 0.505 e. The van der Waals surface area contributed by atoms with Gasteiger partial charge in [-0.05, 0) is 30.7 Å². The Hall–Kier alpha value is -1.51. The maximum absolute atomic E-state index is 10.2. The second kappa shape index (κ2) is 11.2. The van der Waals surface area contributed by atoms with Crippen LogP contribution in [0.1, 0.15) is 69.8 Å². The van der Waals surface area contributed by atoms with E-state index in [0.29, 0.717) is 12.5 Å². The van der Waals surface area contributed by atoms with Crippen LogP contribution in [0.5, 0.6) is 0 Å². The molecular formula is C18H28O3. The van der Waals surface area contributed by atoms with E-state index in [0.717, 1.165) is 19.3 Å². The number of rotatable bonds is 11. The van der Waals surface area contributed by atoms with E-state index < -0.39 is 6.16 Å². The number of ether oxygens (including phenoxy) is 1. The first-order valence-corrected chi connectivity index (χ1v) is 8.14. The summed E-state index contributed by atoms with van der Waals surface area (Å²) in [5, 5.41) is 8.38. The molecule has 21 heavy (non-hydrogen) atoms. The van der Waals surface area contributed by atoms with Crippen LogP contribution in [0.25, 0.3) is 0 Å². The Kier molecular flexibility index (Phi) is 9.34. The van der Waals surface area contributed by atoms with Crippen LogP contribution >= 0.6 is 0 Å². The van der Waals surface area contributed by atoms with Crippen molar-refractivity contribution >= 4 is 6.16 Å². The van der Waals surface area contributed by atoms with Gasteiger partial charge in [-0.15, -0.1) is 0 Å². The van der Waals surface area contributed by atoms with Crippen LogP contribution in [0.4, 0.5) is 4.79 Å². The monoisotopic (exact) mass is 292 g/mol. The van der Waals surface area contributed by atoms with Gasteiger partial charge in [0.1, 0.15) is 0 Å². The highest BCUT2D eigenvalue weighted by Crippen LogP contribution is 2.27. The molecule has 118 valence electrons. The lowest BCUT2D eigenvalue weighted by Gasteiger charge is -2.17. The van der Waals surface area contributed by atoms with Crippen LogP contribution in [0.15, 0.2) is 30.3 Å². The minimum Gasteiger partial charge on any atom is -0.450 e.